The van der Waals surface area contributed by atoms with Crippen LogP contribution in [-0.2, 0) is 18.4 Å². The average molecular weight is 331 g/mol. The number of amides is 1. The molecule has 0 radical (unpaired) electrons. The Kier molecular flexibility index (Phi) is 3.69. The Morgan fingerprint density at radius 3 is 2.91 bits per heavy atom. The molecule has 0 spiro atoms. The molecule has 3 heterocycles. The lowest BCUT2D eigenvalue weighted by Gasteiger charge is -2.13. The van der Waals surface area contributed by atoms with E-state index in [0.717, 1.165) is 23.7 Å². The molecule has 1 aliphatic carbocycles. The second-order valence-electron chi connectivity index (χ2n) is 6.70. The van der Waals surface area contributed by atoms with Crippen molar-refractivity contribution in [2.45, 2.75) is 31.2 Å². The summed E-state index contributed by atoms with van der Waals surface area (Å²) < 4.78 is 1.78. The average Bonchev–Trinajstić information content (AvgIpc) is 2.93. The topological polar surface area (TPSA) is 77.0 Å². The van der Waals surface area contributed by atoms with Gasteiger partial charge in [-0.05, 0) is 18.4 Å². The number of hydrogen-bond acceptors (Lipinski definition) is 5. The fourth-order valence-electron chi connectivity index (χ4n) is 3.43. The van der Waals surface area contributed by atoms with Gasteiger partial charge in [0.15, 0.2) is 0 Å². The number of rotatable bonds is 5. The second kappa shape index (κ2) is 5.72. The van der Waals surface area contributed by atoms with Gasteiger partial charge in [0.05, 0.1) is 24.4 Å². The maximum atomic E-state index is 11.8. The quantitative estimate of drug-likeness (QED) is 0.900. The molecule has 7 heteroatoms. The van der Waals surface area contributed by atoms with E-state index in [0.29, 0.717) is 12.5 Å². The lowest BCUT2D eigenvalue weighted by atomic mass is 9.90. The molecule has 122 valence electrons. The zero-order chi connectivity index (χ0) is 16.0. The summed E-state index contributed by atoms with van der Waals surface area (Å²) in [6.07, 6.45) is 6.39. The Morgan fingerprint density at radius 2 is 2.26 bits per heavy atom. The third-order valence-electron chi connectivity index (χ3n) is 4.84. The summed E-state index contributed by atoms with van der Waals surface area (Å²) in [4.78, 5) is 18.9. The van der Waals surface area contributed by atoms with Crippen LogP contribution >= 0.6 is 11.3 Å². The molecule has 2 aliphatic rings. The third-order valence-corrected chi connectivity index (χ3v) is 5.69. The first-order valence-electron chi connectivity index (χ1n) is 8.04. The van der Waals surface area contributed by atoms with Crippen molar-refractivity contribution in [3.05, 3.63) is 34.0 Å². The van der Waals surface area contributed by atoms with Crippen molar-refractivity contribution in [3.8, 4) is 0 Å². The maximum Gasteiger partial charge on any atom is 0.222 e. The molecule has 1 saturated heterocycles. The Labute approximate surface area is 139 Å². The van der Waals surface area contributed by atoms with Gasteiger partial charge < -0.3 is 5.73 Å². The molecule has 1 aliphatic heterocycles. The van der Waals surface area contributed by atoms with Gasteiger partial charge >= 0.3 is 0 Å². The standard InChI is InChI=1S/C16H21N5OS/c1-20-5-11(4-18-20)12-6-21(7-13(12)16(17)22)8-15-19-14(9-23-15)10-2-3-10/h4-5,9-10,12-13H,2-3,6-8H2,1H3,(H2,17,22)/t12-,13+/m1/s1. The molecule has 1 amide bonds. The number of likely N-dealkylation sites (tertiary alicyclic amines) is 1. The zero-order valence-electron chi connectivity index (χ0n) is 13.2. The predicted octanol–water partition coefficient (Wildman–Crippen LogP) is 1.45. The van der Waals surface area contributed by atoms with Crippen molar-refractivity contribution in [1.82, 2.24) is 19.7 Å². The minimum Gasteiger partial charge on any atom is -0.369 e. The summed E-state index contributed by atoms with van der Waals surface area (Å²) in [5.74, 6) is 0.449. The van der Waals surface area contributed by atoms with Crippen molar-refractivity contribution < 1.29 is 4.79 Å². The summed E-state index contributed by atoms with van der Waals surface area (Å²) in [5.41, 5.74) is 7.98. The monoisotopic (exact) mass is 331 g/mol. The zero-order valence-corrected chi connectivity index (χ0v) is 14.0. The van der Waals surface area contributed by atoms with E-state index >= 15 is 0 Å². The Hall–Kier alpha value is -1.73. The molecule has 6 nitrogen and oxygen atoms in total. The Bertz CT molecular complexity index is 720. The summed E-state index contributed by atoms with van der Waals surface area (Å²) in [5, 5.41) is 7.56. The SMILES string of the molecule is Cn1cc([C@H]2CN(Cc3nc(C4CC4)cs3)C[C@@H]2C(N)=O)cn1. The summed E-state index contributed by atoms with van der Waals surface area (Å²) >= 11 is 1.73. The smallest absolute Gasteiger partial charge is 0.222 e. The number of carbonyl (C=O) groups excluding carboxylic acids is 1. The van der Waals surface area contributed by atoms with E-state index in [1.54, 1.807) is 16.0 Å². The number of nitrogens with zero attached hydrogens (tertiary/aromatic N) is 4. The molecule has 23 heavy (non-hydrogen) atoms. The minimum atomic E-state index is -0.223. The lowest BCUT2D eigenvalue weighted by Crippen LogP contribution is -2.29. The number of primary amides is 1. The fraction of sp³-hybridized carbons (Fsp3) is 0.562. The van der Waals surface area contributed by atoms with E-state index in [1.165, 1.54) is 18.5 Å². The number of thiazole rings is 1. The second-order valence-corrected chi connectivity index (χ2v) is 7.64. The van der Waals surface area contributed by atoms with E-state index in [-0.39, 0.29) is 17.7 Å². The van der Waals surface area contributed by atoms with Crippen LogP contribution < -0.4 is 5.73 Å². The van der Waals surface area contributed by atoms with Gasteiger partial charge in [0.25, 0.3) is 0 Å². The molecule has 4 rings (SSSR count). The first-order chi connectivity index (χ1) is 11.1. The maximum absolute atomic E-state index is 11.8. The summed E-state index contributed by atoms with van der Waals surface area (Å²) in [6, 6.07) is 0. The minimum absolute atomic E-state index is 0.129. The Balaban J connectivity index is 1.48. The van der Waals surface area contributed by atoms with Gasteiger partial charge in [-0.15, -0.1) is 11.3 Å². The number of hydrogen-bond donors (Lipinski definition) is 1. The van der Waals surface area contributed by atoms with Crippen molar-refractivity contribution in [1.29, 1.82) is 0 Å². The number of aromatic nitrogens is 3. The highest BCUT2D eigenvalue weighted by Crippen LogP contribution is 2.40. The van der Waals surface area contributed by atoms with Gasteiger partial charge in [0, 0.05) is 43.5 Å². The number of nitrogens with two attached hydrogens (primary N) is 1. The molecule has 0 bridgehead atoms. The van der Waals surface area contributed by atoms with Gasteiger partial charge in [-0.1, -0.05) is 0 Å². The Morgan fingerprint density at radius 1 is 1.43 bits per heavy atom. The molecule has 2 aromatic rings. The van der Waals surface area contributed by atoms with E-state index in [1.807, 2.05) is 19.4 Å². The van der Waals surface area contributed by atoms with Gasteiger partial charge in [-0.2, -0.15) is 5.10 Å². The van der Waals surface area contributed by atoms with Gasteiger partial charge in [0.1, 0.15) is 5.01 Å². The molecule has 1 saturated carbocycles. The van der Waals surface area contributed by atoms with Crippen LogP contribution in [0.4, 0.5) is 0 Å². The van der Waals surface area contributed by atoms with Crippen molar-refractivity contribution in [2.75, 3.05) is 13.1 Å². The first-order valence-corrected chi connectivity index (χ1v) is 8.92. The van der Waals surface area contributed by atoms with Gasteiger partial charge in [0.2, 0.25) is 5.91 Å². The largest absolute Gasteiger partial charge is 0.369 e. The molecule has 2 N–H and O–H groups in total. The summed E-state index contributed by atoms with van der Waals surface area (Å²) in [7, 11) is 1.89. The highest BCUT2D eigenvalue weighted by atomic mass is 32.1. The van der Waals surface area contributed by atoms with Crippen molar-refractivity contribution in [2.24, 2.45) is 18.7 Å². The van der Waals surface area contributed by atoms with Crippen LogP contribution in [0.2, 0.25) is 0 Å². The van der Waals surface area contributed by atoms with Crippen LogP contribution in [0.25, 0.3) is 0 Å². The van der Waals surface area contributed by atoms with Gasteiger partial charge in [-0.25, -0.2) is 4.98 Å². The molecule has 0 unspecified atom stereocenters. The van der Waals surface area contributed by atoms with E-state index in [9.17, 15) is 4.79 Å². The first kappa shape index (κ1) is 14.8. The molecule has 0 aromatic carbocycles. The summed E-state index contributed by atoms with van der Waals surface area (Å²) in [6.45, 7) is 2.34. The molecule has 2 atom stereocenters. The lowest BCUT2D eigenvalue weighted by molar-refractivity contribution is -0.121. The molecule has 2 aromatic heterocycles. The van der Waals surface area contributed by atoms with E-state index in [4.69, 9.17) is 10.7 Å². The van der Waals surface area contributed by atoms with Crippen LogP contribution in [0.5, 0.6) is 0 Å². The number of aryl methyl sites for hydroxylation is 1. The predicted molar refractivity (Wildman–Crippen MR) is 88.0 cm³/mol. The van der Waals surface area contributed by atoms with Crippen LogP contribution in [0.3, 0.4) is 0 Å². The van der Waals surface area contributed by atoms with Gasteiger partial charge in [-0.3, -0.25) is 14.4 Å². The van der Waals surface area contributed by atoms with E-state index in [2.05, 4.69) is 15.4 Å². The van der Waals surface area contributed by atoms with Crippen LogP contribution in [0, 0.1) is 5.92 Å². The molecular weight excluding hydrogens is 310 g/mol. The highest BCUT2D eigenvalue weighted by molar-refractivity contribution is 7.09. The molecule has 2 fully saturated rings. The fourth-order valence-corrected chi connectivity index (χ4v) is 4.34. The van der Waals surface area contributed by atoms with Crippen molar-refractivity contribution >= 4 is 17.2 Å². The number of carbonyl (C=O) groups is 1. The van der Waals surface area contributed by atoms with Crippen LogP contribution in [0.15, 0.2) is 17.8 Å². The molecular formula is C16H21N5OS. The van der Waals surface area contributed by atoms with Crippen LogP contribution in [-0.4, -0.2) is 38.7 Å². The van der Waals surface area contributed by atoms with Crippen molar-refractivity contribution in [3.63, 3.8) is 0 Å². The highest BCUT2D eigenvalue weighted by Gasteiger charge is 2.38. The van der Waals surface area contributed by atoms with E-state index < -0.39 is 0 Å². The van der Waals surface area contributed by atoms with Crippen LogP contribution in [0.1, 0.15) is 40.9 Å². The normalized spacial score (nSPS) is 25.1. The third kappa shape index (κ3) is 3.03.